The molecule has 402 valence electrons. The molecule has 0 N–H and O–H groups in total. The van der Waals surface area contributed by atoms with Gasteiger partial charge in [0.15, 0.2) is 6.10 Å². The Morgan fingerprint density at radius 1 is 0.290 bits per heavy atom. The lowest BCUT2D eigenvalue weighted by molar-refractivity contribution is -0.167. The zero-order chi connectivity index (χ0) is 50.0. The van der Waals surface area contributed by atoms with Gasteiger partial charge in [-0.3, -0.25) is 14.4 Å². The first-order chi connectivity index (χ1) is 34.0. The van der Waals surface area contributed by atoms with Gasteiger partial charge in [-0.25, -0.2) is 0 Å². The van der Waals surface area contributed by atoms with E-state index in [4.69, 9.17) is 14.2 Å². The number of hydrogen-bond acceptors (Lipinski definition) is 6. The van der Waals surface area contributed by atoms with Gasteiger partial charge in [0.1, 0.15) is 13.2 Å². The summed E-state index contributed by atoms with van der Waals surface area (Å²) in [5.74, 6) is -0.879. The maximum atomic E-state index is 12.9. The minimum absolute atomic E-state index is 0.0782. The molecule has 0 unspecified atom stereocenters. The maximum Gasteiger partial charge on any atom is 0.306 e. The summed E-state index contributed by atoms with van der Waals surface area (Å²) in [5.41, 5.74) is 0. The van der Waals surface area contributed by atoms with Crippen molar-refractivity contribution >= 4 is 17.9 Å². The molecule has 1 atom stereocenters. The lowest BCUT2D eigenvalue weighted by atomic mass is 10.1. The summed E-state index contributed by atoms with van der Waals surface area (Å²) >= 11 is 0. The van der Waals surface area contributed by atoms with Gasteiger partial charge in [0, 0.05) is 19.3 Å². The van der Waals surface area contributed by atoms with Crippen LogP contribution in [0.2, 0.25) is 0 Å². The minimum Gasteiger partial charge on any atom is -0.462 e. The highest BCUT2D eigenvalue weighted by Gasteiger charge is 2.19. The highest BCUT2D eigenvalue weighted by atomic mass is 16.6. The molecule has 0 aromatic rings. The SMILES string of the molecule is CCCCC/C=C\C/C=C\CCCCCCCCCCCC(=O)OC[C@H](COC(=O)CCCCCCCCC/C=C\CCCCCCCC)OC(=O)CCCCCCC/C=C\CCCCCCCC. The topological polar surface area (TPSA) is 78.9 Å². The predicted octanol–water partition coefficient (Wildman–Crippen LogP) is 20.2. The highest BCUT2D eigenvalue weighted by Crippen LogP contribution is 2.16. The first kappa shape index (κ1) is 66.4. The van der Waals surface area contributed by atoms with E-state index >= 15 is 0 Å². The quantitative estimate of drug-likeness (QED) is 0.0262. The van der Waals surface area contributed by atoms with Crippen LogP contribution in [0.4, 0.5) is 0 Å². The predicted molar refractivity (Wildman–Crippen MR) is 298 cm³/mol. The molecule has 0 bridgehead atoms. The van der Waals surface area contributed by atoms with Crippen LogP contribution in [0.3, 0.4) is 0 Å². The van der Waals surface area contributed by atoms with Crippen molar-refractivity contribution in [3.8, 4) is 0 Å². The molecule has 0 aromatic heterocycles. The Morgan fingerprint density at radius 3 is 0.841 bits per heavy atom. The standard InChI is InChI=1S/C63H114O6/c1-4-7-10-13-16-19-22-25-28-30-31-33-36-38-41-44-47-50-53-56-62(65)68-59-60(69-63(66)57-54-51-48-45-42-39-34-27-24-21-18-15-12-9-6-3)58-67-61(64)55-52-49-46-43-40-37-35-32-29-26-23-20-17-14-11-8-5-2/h16,19,25-29,34,60H,4-15,17-18,20-24,30-33,35-59H2,1-3H3/b19-16-,28-25-,29-26-,34-27-/t60-/m0/s1. The minimum atomic E-state index is -0.780. The molecule has 0 spiro atoms. The molecule has 0 aliphatic rings. The molecule has 0 heterocycles. The van der Waals surface area contributed by atoms with Crippen molar-refractivity contribution in [1.82, 2.24) is 0 Å². The van der Waals surface area contributed by atoms with E-state index in [0.717, 1.165) is 70.6 Å². The van der Waals surface area contributed by atoms with Crippen LogP contribution < -0.4 is 0 Å². The first-order valence-corrected chi connectivity index (χ1v) is 30.1. The molecule has 0 saturated carbocycles. The Labute approximate surface area is 428 Å². The van der Waals surface area contributed by atoms with E-state index < -0.39 is 6.10 Å². The van der Waals surface area contributed by atoms with Gasteiger partial charge >= 0.3 is 17.9 Å². The van der Waals surface area contributed by atoms with Gasteiger partial charge in [-0.05, 0) is 103 Å². The lowest BCUT2D eigenvalue weighted by Crippen LogP contribution is -2.30. The summed E-state index contributed by atoms with van der Waals surface area (Å²) in [6.45, 7) is 6.63. The van der Waals surface area contributed by atoms with Crippen LogP contribution in [-0.4, -0.2) is 37.2 Å². The fourth-order valence-corrected chi connectivity index (χ4v) is 8.70. The third kappa shape index (κ3) is 56.2. The van der Waals surface area contributed by atoms with Gasteiger partial charge in [0.25, 0.3) is 0 Å². The Kier molecular flexibility index (Phi) is 55.7. The third-order valence-corrected chi connectivity index (χ3v) is 13.3. The van der Waals surface area contributed by atoms with Crippen molar-refractivity contribution < 1.29 is 28.6 Å². The molecule has 6 nitrogen and oxygen atoms in total. The molecule has 0 aromatic carbocycles. The van der Waals surface area contributed by atoms with Crippen molar-refractivity contribution in [3.63, 3.8) is 0 Å². The van der Waals surface area contributed by atoms with E-state index in [1.807, 2.05) is 0 Å². The molecule has 0 amide bonds. The molecular weight excluding hydrogens is 853 g/mol. The zero-order valence-corrected chi connectivity index (χ0v) is 46.1. The average molecular weight is 968 g/mol. The van der Waals surface area contributed by atoms with E-state index in [1.165, 1.54) is 205 Å². The fourth-order valence-electron chi connectivity index (χ4n) is 8.70. The van der Waals surface area contributed by atoms with E-state index in [1.54, 1.807) is 0 Å². The molecular formula is C63H114O6. The van der Waals surface area contributed by atoms with E-state index in [-0.39, 0.29) is 31.1 Å². The molecule has 0 aliphatic heterocycles. The monoisotopic (exact) mass is 967 g/mol. The molecule has 0 rings (SSSR count). The number of carbonyl (C=O) groups excluding carboxylic acids is 3. The molecule has 0 radical (unpaired) electrons. The zero-order valence-electron chi connectivity index (χ0n) is 46.1. The second-order valence-corrected chi connectivity index (χ2v) is 20.2. The number of rotatable bonds is 55. The van der Waals surface area contributed by atoms with Gasteiger partial charge < -0.3 is 14.2 Å². The van der Waals surface area contributed by atoms with Crippen LogP contribution in [0.15, 0.2) is 48.6 Å². The normalized spacial score (nSPS) is 12.3. The van der Waals surface area contributed by atoms with Gasteiger partial charge in [-0.1, -0.05) is 243 Å². The number of esters is 3. The largest absolute Gasteiger partial charge is 0.462 e. The second-order valence-electron chi connectivity index (χ2n) is 20.2. The average Bonchev–Trinajstić information content (AvgIpc) is 3.35. The van der Waals surface area contributed by atoms with Crippen LogP contribution >= 0.6 is 0 Å². The molecule has 0 fully saturated rings. The van der Waals surface area contributed by atoms with Gasteiger partial charge in [-0.15, -0.1) is 0 Å². The number of hydrogen-bond donors (Lipinski definition) is 0. The van der Waals surface area contributed by atoms with Crippen molar-refractivity contribution in [2.75, 3.05) is 13.2 Å². The van der Waals surface area contributed by atoms with Crippen molar-refractivity contribution in [3.05, 3.63) is 48.6 Å². The smallest absolute Gasteiger partial charge is 0.306 e. The summed E-state index contributed by atoms with van der Waals surface area (Å²) in [4.78, 5) is 38.2. The first-order valence-electron chi connectivity index (χ1n) is 30.1. The summed E-state index contributed by atoms with van der Waals surface area (Å²) < 4.78 is 16.9. The Bertz CT molecular complexity index is 1200. The summed E-state index contributed by atoms with van der Waals surface area (Å²) in [6.07, 6.45) is 71.0. The van der Waals surface area contributed by atoms with Gasteiger partial charge in [-0.2, -0.15) is 0 Å². The molecule has 6 heteroatoms. The van der Waals surface area contributed by atoms with Crippen LogP contribution in [0.5, 0.6) is 0 Å². The summed E-state index contributed by atoms with van der Waals surface area (Å²) in [6, 6.07) is 0. The van der Waals surface area contributed by atoms with Crippen molar-refractivity contribution in [1.29, 1.82) is 0 Å². The van der Waals surface area contributed by atoms with E-state index in [2.05, 4.69) is 69.4 Å². The highest BCUT2D eigenvalue weighted by molar-refractivity contribution is 5.71. The number of allylic oxidation sites excluding steroid dienone is 8. The summed E-state index contributed by atoms with van der Waals surface area (Å²) in [5, 5.41) is 0. The molecule has 69 heavy (non-hydrogen) atoms. The van der Waals surface area contributed by atoms with Gasteiger partial charge in [0.2, 0.25) is 0 Å². The Balaban J connectivity index is 4.36. The maximum absolute atomic E-state index is 12.9. The van der Waals surface area contributed by atoms with E-state index in [0.29, 0.717) is 19.3 Å². The number of carbonyl (C=O) groups is 3. The third-order valence-electron chi connectivity index (χ3n) is 13.3. The second kappa shape index (κ2) is 57.9. The number of ether oxygens (including phenoxy) is 3. The van der Waals surface area contributed by atoms with Crippen LogP contribution in [0.25, 0.3) is 0 Å². The summed E-state index contributed by atoms with van der Waals surface area (Å²) in [7, 11) is 0. The van der Waals surface area contributed by atoms with Crippen LogP contribution in [0.1, 0.15) is 316 Å². The fraction of sp³-hybridized carbons (Fsp3) is 0.825. The lowest BCUT2D eigenvalue weighted by Gasteiger charge is -2.18. The van der Waals surface area contributed by atoms with Crippen LogP contribution in [-0.2, 0) is 28.6 Å². The van der Waals surface area contributed by atoms with Crippen molar-refractivity contribution in [2.45, 2.75) is 322 Å². The van der Waals surface area contributed by atoms with E-state index in [9.17, 15) is 14.4 Å². The Hall–Kier alpha value is -2.63. The molecule has 0 aliphatic carbocycles. The number of unbranched alkanes of at least 4 members (excludes halogenated alkanes) is 36. The van der Waals surface area contributed by atoms with Crippen molar-refractivity contribution in [2.24, 2.45) is 0 Å². The van der Waals surface area contributed by atoms with Gasteiger partial charge in [0.05, 0.1) is 0 Å². The molecule has 0 saturated heterocycles. The Morgan fingerprint density at radius 2 is 0.522 bits per heavy atom. The van der Waals surface area contributed by atoms with Crippen LogP contribution in [0, 0.1) is 0 Å².